The normalized spacial score (nSPS) is 23.6. The fourth-order valence-electron chi connectivity index (χ4n) is 6.74. The number of carbonyl (C=O) groups is 2. The van der Waals surface area contributed by atoms with E-state index in [2.05, 4.69) is 4.90 Å². The quantitative estimate of drug-likeness (QED) is 0.419. The number of hydrogen-bond donors (Lipinski definition) is 0. The van der Waals surface area contributed by atoms with Gasteiger partial charge < -0.3 is 19.3 Å². The summed E-state index contributed by atoms with van der Waals surface area (Å²) in [5.41, 5.74) is 3.33. The van der Waals surface area contributed by atoms with Gasteiger partial charge in [-0.25, -0.2) is 0 Å². The Bertz CT molecular complexity index is 1190. The second-order valence-electron chi connectivity index (χ2n) is 11.4. The molecule has 1 saturated carbocycles. The maximum absolute atomic E-state index is 13.2. The number of halogens is 2. The molecule has 0 radical (unpaired) electrons. The van der Waals surface area contributed by atoms with Crippen molar-refractivity contribution in [2.75, 3.05) is 32.8 Å². The first-order valence-corrected chi connectivity index (χ1v) is 15.1. The number of benzene rings is 2. The lowest BCUT2D eigenvalue weighted by atomic mass is 9.93. The minimum absolute atomic E-state index is 0.0179. The Hall–Kier alpha value is -2.12. The van der Waals surface area contributed by atoms with E-state index in [0.29, 0.717) is 67.2 Å². The van der Waals surface area contributed by atoms with Gasteiger partial charge in [-0.2, -0.15) is 0 Å². The number of amides is 2. The van der Waals surface area contributed by atoms with E-state index >= 15 is 0 Å². The molecule has 1 atom stereocenters. The van der Waals surface area contributed by atoms with Crippen LogP contribution >= 0.6 is 23.2 Å². The van der Waals surface area contributed by atoms with Gasteiger partial charge in [0.1, 0.15) is 0 Å². The van der Waals surface area contributed by atoms with Crippen LogP contribution in [-0.4, -0.2) is 66.3 Å². The Kier molecular flexibility index (Phi) is 7.91. The summed E-state index contributed by atoms with van der Waals surface area (Å²) in [5.74, 6) is -0.282. The van der Waals surface area contributed by atoms with E-state index in [4.69, 9.17) is 32.7 Å². The van der Waals surface area contributed by atoms with Crippen molar-refractivity contribution in [2.45, 2.75) is 69.6 Å². The van der Waals surface area contributed by atoms with Crippen molar-refractivity contribution in [3.63, 3.8) is 0 Å². The Balaban J connectivity index is 1.10. The van der Waals surface area contributed by atoms with Gasteiger partial charge in [-0.3, -0.25) is 9.59 Å². The third-order valence-electron chi connectivity index (χ3n) is 9.05. The van der Waals surface area contributed by atoms with Crippen LogP contribution in [0.5, 0.6) is 0 Å². The zero-order valence-electron chi connectivity index (χ0n) is 22.3. The van der Waals surface area contributed by atoms with Crippen LogP contribution in [0.3, 0.4) is 0 Å². The van der Waals surface area contributed by atoms with E-state index in [-0.39, 0.29) is 17.7 Å². The van der Waals surface area contributed by atoms with Crippen molar-refractivity contribution >= 4 is 35.0 Å². The fraction of sp³-hybridized carbons (Fsp3) is 0.548. The fourth-order valence-corrected chi connectivity index (χ4v) is 7.38. The first-order valence-electron chi connectivity index (χ1n) is 14.4. The predicted octanol–water partition coefficient (Wildman–Crippen LogP) is 6.36. The molecule has 2 amide bonds. The summed E-state index contributed by atoms with van der Waals surface area (Å²) in [5, 5.41) is 1.17. The molecule has 1 unspecified atom stereocenters. The minimum Gasteiger partial charge on any atom is -0.347 e. The highest BCUT2D eigenvalue weighted by molar-refractivity contribution is 6.36. The molecule has 2 aromatic carbocycles. The number of ether oxygens (including phenoxy) is 2. The highest BCUT2D eigenvalue weighted by Gasteiger charge is 2.41. The van der Waals surface area contributed by atoms with Crippen LogP contribution < -0.4 is 0 Å². The Morgan fingerprint density at radius 1 is 0.872 bits per heavy atom. The van der Waals surface area contributed by atoms with Crippen LogP contribution in [0, 0.1) is 5.92 Å². The van der Waals surface area contributed by atoms with Crippen LogP contribution in [0.15, 0.2) is 36.4 Å². The summed E-state index contributed by atoms with van der Waals surface area (Å²) in [6.07, 6.45) is 8.80. The summed E-state index contributed by atoms with van der Waals surface area (Å²) in [6.45, 7) is 3.33. The third-order valence-corrected chi connectivity index (χ3v) is 9.72. The Morgan fingerprint density at radius 2 is 1.51 bits per heavy atom. The smallest absolute Gasteiger partial charge is 0.253 e. The first-order chi connectivity index (χ1) is 18.9. The Morgan fingerprint density at radius 3 is 2.15 bits per heavy atom. The molecule has 0 N–H and O–H groups in total. The zero-order chi connectivity index (χ0) is 27.0. The van der Waals surface area contributed by atoms with E-state index < -0.39 is 5.79 Å². The molecule has 4 fully saturated rings. The third kappa shape index (κ3) is 5.58. The second kappa shape index (κ2) is 11.4. The lowest BCUT2D eigenvalue weighted by Gasteiger charge is -2.37. The van der Waals surface area contributed by atoms with Crippen LogP contribution in [0.2, 0.25) is 10.0 Å². The number of hydrogen-bond acceptors (Lipinski definition) is 4. The lowest BCUT2D eigenvalue weighted by Crippen LogP contribution is -2.47. The molecule has 0 bridgehead atoms. The molecular formula is C31H36Cl2N2O4. The van der Waals surface area contributed by atoms with E-state index in [9.17, 15) is 9.59 Å². The van der Waals surface area contributed by atoms with Gasteiger partial charge in [0, 0.05) is 60.0 Å². The summed E-state index contributed by atoms with van der Waals surface area (Å²) in [6, 6.07) is 11.8. The van der Waals surface area contributed by atoms with E-state index in [1.165, 1.54) is 19.3 Å². The second-order valence-corrected chi connectivity index (χ2v) is 12.2. The maximum atomic E-state index is 13.2. The van der Waals surface area contributed by atoms with Crippen molar-refractivity contribution < 1.29 is 19.1 Å². The average molecular weight is 572 g/mol. The van der Waals surface area contributed by atoms with E-state index in [1.54, 1.807) is 0 Å². The number of rotatable bonds is 5. The van der Waals surface area contributed by atoms with Gasteiger partial charge in [0.25, 0.3) is 5.91 Å². The molecule has 8 heteroatoms. The number of nitrogens with zero attached hydrogens (tertiary/aromatic N) is 2. The Labute approximate surface area is 240 Å². The monoisotopic (exact) mass is 570 g/mol. The molecule has 6 rings (SSSR count). The summed E-state index contributed by atoms with van der Waals surface area (Å²) >= 11 is 13.5. The molecular weight excluding hydrogens is 535 g/mol. The number of likely N-dealkylation sites (tertiary alicyclic amines) is 2. The van der Waals surface area contributed by atoms with Gasteiger partial charge >= 0.3 is 0 Å². The van der Waals surface area contributed by atoms with Crippen molar-refractivity contribution in [3.8, 4) is 11.1 Å². The van der Waals surface area contributed by atoms with Crippen LogP contribution in [0.25, 0.3) is 11.1 Å². The maximum Gasteiger partial charge on any atom is 0.253 e. The molecule has 1 spiro atoms. The van der Waals surface area contributed by atoms with Gasteiger partial charge in [-0.05, 0) is 66.6 Å². The van der Waals surface area contributed by atoms with Crippen molar-refractivity contribution in [2.24, 2.45) is 5.92 Å². The number of carbonyl (C=O) groups excluding carboxylic acids is 2. The molecule has 3 aliphatic heterocycles. The molecule has 1 aliphatic carbocycles. The van der Waals surface area contributed by atoms with Crippen molar-refractivity contribution in [1.82, 2.24) is 9.80 Å². The van der Waals surface area contributed by atoms with Crippen LogP contribution in [-0.2, 0) is 20.7 Å². The van der Waals surface area contributed by atoms with Gasteiger partial charge in [0.05, 0.1) is 13.2 Å². The highest BCUT2D eigenvalue weighted by Crippen LogP contribution is 2.37. The molecule has 6 nitrogen and oxygen atoms in total. The summed E-state index contributed by atoms with van der Waals surface area (Å²) in [7, 11) is 0. The standard InChI is InChI=1S/C31H36Cl2N2O4/c32-27-19-24(20-28(33)26(27)18-23-10-13-35(30(23)37)25-4-2-1-3-5-25)21-6-8-22(9-7-21)29(36)34-14-11-31(12-15-34)38-16-17-39-31/h6-9,19-20,23,25H,1-5,10-18H2. The van der Waals surface area contributed by atoms with Crippen LogP contribution in [0.1, 0.15) is 67.3 Å². The molecule has 3 saturated heterocycles. The average Bonchev–Trinajstić information content (AvgIpc) is 3.57. The van der Waals surface area contributed by atoms with Crippen molar-refractivity contribution in [1.29, 1.82) is 0 Å². The minimum atomic E-state index is -0.495. The molecule has 208 valence electrons. The van der Waals surface area contributed by atoms with Crippen molar-refractivity contribution in [3.05, 3.63) is 57.6 Å². The number of piperidine rings is 1. The summed E-state index contributed by atoms with van der Waals surface area (Å²) < 4.78 is 11.6. The SMILES string of the molecule is O=C(c1ccc(-c2cc(Cl)c(CC3CCN(C4CCCCC4)C3=O)c(Cl)c2)cc1)N1CCC2(CC1)OCCO2. The molecule has 39 heavy (non-hydrogen) atoms. The zero-order valence-corrected chi connectivity index (χ0v) is 23.8. The summed E-state index contributed by atoms with van der Waals surface area (Å²) in [4.78, 5) is 30.3. The largest absolute Gasteiger partial charge is 0.347 e. The van der Waals surface area contributed by atoms with Gasteiger partial charge in [0.15, 0.2) is 5.79 Å². The van der Waals surface area contributed by atoms with E-state index in [0.717, 1.165) is 42.5 Å². The molecule has 3 heterocycles. The van der Waals surface area contributed by atoms with Crippen LogP contribution in [0.4, 0.5) is 0 Å². The van der Waals surface area contributed by atoms with Gasteiger partial charge in [-0.15, -0.1) is 0 Å². The molecule has 0 aromatic heterocycles. The lowest BCUT2D eigenvalue weighted by molar-refractivity contribution is -0.181. The topological polar surface area (TPSA) is 59.1 Å². The van der Waals surface area contributed by atoms with Gasteiger partial charge in [-0.1, -0.05) is 54.6 Å². The first kappa shape index (κ1) is 27.1. The molecule has 4 aliphatic rings. The predicted molar refractivity (Wildman–Crippen MR) is 152 cm³/mol. The van der Waals surface area contributed by atoms with E-state index in [1.807, 2.05) is 41.3 Å². The van der Waals surface area contributed by atoms with Gasteiger partial charge in [0.2, 0.25) is 5.91 Å². The highest BCUT2D eigenvalue weighted by atomic mass is 35.5. The molecule has 2 aromatic rings.